The van der Waals surface area contributed by atoms with Gasteiger partial charge in [0.15, 0.2) is 5.58 Å². The number of halogens is 2. The van der Waals surface area contributed by atoms with Crippen LogP contribution in [0, 0.1) is 5.92 Å². The van der Waals surface area contributed by atoms with E-state index in [1.54, 1.807) is 36.4 Å². The maximum absolute atomic E-state index is 11.9. The molecule has 1 amide bonds. The van der Waals surface area contributed by atoms with Crippen molar-refractivity contribution < 1.29 is 9.21 Å². The van der Waals surface area contributed by atoms with Crippen molar-refractivity contribution >= 4 is 45.9 Å². The number of fused-ring (bicyclic) bond motifs is 1. The Morgan fingerprint density at radius 1 is 1.17 bits per heavy atom. The summed E-state index contributed by atoms with van der Waals surface area (Å²) in [4.78, 5) is 16.3. The molecule has 1 aliphatic rings. The van der Waals surface area contributed by atoms with Crippen LogP contribution in [0.2, 0.25) is 10.0 Å². The Bertz CT molecular complexity index is 916. The number of benzene rings is 2. The standard InChI is InChI=1S/C17H12Cl2N2O2/c18-10-3-6-15-14(7-10)21-17(23-15)12-8-11(4-5-13(12)19)20-16(22)9-1-2-9/h3-9H,1-2H2,(H,20,22). The van der Waals surface area contributed by atoms with E-state index in [-0.39, 0.29) is 11.8 Å². The van der Waals surface area contributed by atoms with Gasteiger partial charge in [0.2, 0.25) is 11.8 Å². The van der Waals surface area contributed by atoms with Crippen molar-refractivity contribution in [2.45, 2.75) is 12.8 Å². The molecule has 1 fully saturated rings. The lowest BCUT2D eigenvalue weighted by molar-refractivity contribution is -0.117. The highest BCUT2D eigenvalue weighted by Gasteiger charge is 2.29. The Kier molecular flexibility index (Phi) is 3.51. The van der Waals surface area contributed by atoms with E-state index in [0.717, 1.165) is 12.8 Å². The molecule has 2 aromatic carbocycles. The number of nitrogens with one attached hydrogen (secondary N) is 1. The van der Waals surface area contributed by atoms with Crippen LogP contribution in [0.5, 0.6) is 0 Å². The van der Waals surface area contributed by atoms with Crippen molar-refractivity contribution in [2.24, 2.45) is 5.92 Å². The fourth-order valence-corrected chi connectivity index (χ4v) is 2.74. The third-order valence-corrected chi connectivity index (χ3v) is 4.33. The Labute approximate surface area is 142 Å². The third kappa shape index (κ3) is 2.92. The van der Waals surface area contributed by atoms with E-state index in [0.29, 0.717) is 38.3 Å². The molecule has 1 saturated carbocycles. The van der Waals surface area contributed by atoms with Gasteiger partial charge in [0.1, 0.15) is 5.52 Å². The van der Waals surface area contributed by atoms with Gasteiger partial charge in [0.25, 0.3) is 0 Å². The van der Waals surface area contributed by atoms with Crippen molar-refractivity contribution in [1.29, 1.82) is 0 Å². The minimum Gasteiger partial charge on any atom is -0.436 e. The number of anilines is 1. The van der Waals surface area contributed by atoms with E-state index in [2.05, 4.69) is 10.3 Å². The molecule has 0 aliphatic heterocycles. The highest BCUT2D eigenvalue weighted by molar-refractivity contribution is 6.33. The van der Waals surface area contributed by atoms with E-state index in [4.69, 9.17) is 27.6 Å². The molecule has 0 radical (unpaired) electrons. The molecule has 4 rings (SSSR count). The second-order valence-corrected chi connectivity index (χ2v) is 6.43. The molecule has 0 spiro atoms. The van der Waals surface area contributed by atoms with Crippen LogP contribution in [0.25, 0.3) is 22.6 Å². The number of hydrogen-bond donors (Lipinski definition) is 1. The van der Waals surface area contributed by atoms with Gasteiger partial charge in [-0.1, -0.05) is 23.2 Å². The van der Waals surface area contributed by atoms with Crippen LogP contribution in [0.3, 0.4) is 0 Å². The van der Waals surface area contributed by atoms with Crippen molar-refractivity contribution in [3.8, 4) is 11.5 Å². The maximum Gasteiger partial charge on any atom is 0.228 e. The molecule has 4 nitrogen and oxygen atoms in total. The second kappa shape index (κ2) is 5.55. The van der Waals surface area contributed by atoms with Crippen LogP contribution in [0.1, 0.15) is 12.8 Å². The number of rotatable bonds is 3. The average Bonchev–Trinajstić information content (AvgIpc) is 3.29. The Balaban J connectivity index is 1.72. The summed E-state index contributed by atoms with van der Waals surface area (Å²) in [5.74, 6) is 0.581. The van der Waals surface area contributed by atoms with Crippen LogP contribution >= 0.6 is 23.2 Å². The SMILES string of the molecule is O=C(Nc1ccc(Cl)c(-c2nc3cc(Cl)ccc3o2)c1)C1CC1. The minimum atomic E-state index is 0.0441. The molecule has 116 valence electrons. The van der Waals surface area contributed by atoms with Crippen molar-refractivity contribution in [2.75, 3.05) is 5.32 Å². The second-order valence-electron chi connectivity index (χ2n) is 5.59. The van der Waals surface area contributed by atoms with Crippen molar-refractivity contribution in [3.05, 3.63) is 46.4 Å². The quantitative estimate of drug-likeness (QED) is 0.713. The Hall–Kier alpha value is -2.04. The van der Waals surface area contributed by atoms with Crippen LogP contribution in [0.15, 0.2) is 40.8 Å². The molecule has 1 N–H and O–H groups in total. The molecular weight excluding hydrogens is 335 g/mol. The molecule has 6 heteroatoms. The first kappa shape index (κ1) is 14.5. The van der Waals surface area contributed by atoms with E-state index in [1.165, 1.54) is 0 Å². The zero-order chi connectivity index (χ0) is 16.0. The monoisotopic (exact) mass is 346 g/mol. The molecule has 0 unspecified atom stereocenters. The van der Waals surface area contributed by atoms with Gasteiger partial charge >= 0.3 is 0 Å². The van der Waals surface area contributed by atoms with Gasteiger partial charge in [-0.05, 0) is 49.2 Å². The molecular formula is C17H12Cl2N2O2. The zero-order valence-electron chi connectivity index (χ0n) is 12.0. The summed E-state index contributed by atoms with van der Waals surface area (Å²) in [6.07, 6.45) is 1.91. The Morgan fingerprint density at radius 3 is 2.78 bits per heavy atom. The fourth-order valence-electron chi connectivity index (χ4n) is 2.37. The molecule has 0 atom stereocenters. The molecule has 1 aromatic heterocycles. The molecule has 1 heterocycles. The van der Waals surface area contributed by atoms with Gasteiger partial charge in [-0.15, -0.1) is 0 Å². The fraction of sp³-hybridized carbons (Fsp3) is 0.176. The molecule has 3 aromatic rings. The minimum absolute atomic E-state index is 0.0441. The zero-order valence-corrected chi connectivity index (χ0v) is 13.5. The number of carbonyl (C=O) groups is 1. The smallest absolute Gasteiger partial charge is 0.228 e. The predicted octanol–water partition coefficient (Wildman–Crippen LogP) is 5.15. The van der Waals surface area contributed by atoms with Gasteiger partial charge in [-0.3, -0.25) is 4.79 Å². The normalized spacial score (nSPS) is 14.2. The molecule has 1 aliphatic carbocycles. The summed E-state index contributed by atoms with van der Waals surface area (Å²) in [5, 5.41) is 3.99. The molecule has 23 heavy (non-hydrogen) atoms. The van der Waals surface area contributed by atoms with Gasteiger partial charge in [0, 0.05) is 16.6 Å². The highest BCUT2D eigenvalue weighted by Crippen LogP contribution is 2.34. The van der Waals surface area contributed by atoms with E-state index in [9.17, 15) is 4.79 Å². The van der Waals surface area contributed by atoms with Crippen molar-refractivity contribution in [3.63, 3.8) is 0 Å². The first-order chi connectivity index (χ1) is 11.1. The van der Waals surface area contributed by atoms with Gasteiger partial charge in [-0.2, -0.15) is 0 Å². The van der Waals surface area contributed by atoms with E-state index >= 15 is 0 Å². The topological polar surface area (TPSA) is 55.1 Å². The largest absolute Gasteiger partial charge is 0.436 e. The summed E-state index contributed by atoms with van der Waals surface area (Å²) >= 11 is 12.2. The number of aromatic nitrogens is 1. The average molecular weight is 347 g/mol. The Morgan fingerprint density at radius 2 is 2.00 bits per heavy atom. The van der Waals surface area contributed by atoms with Crippen LogP contribution in [0.4, 0.5) is 5.69 Å². The van der Waals surface area contributed by atoms with Crippen molar-refractivity contribution in [1.82, 2.24) is 4.98 Å². The number of carbonyl (C=O) groups excluding carboxylic acids is 1. The first-order valence-corrected chi connectivity index (χ1v) is 8.02. The molecule has 0 saturated heterocycles. The lowest BCUT2D eigenvalue weighted by Gasteiger charge is -2.06. The highest BCUT2D eigenvalue weighted by atomic mass is 35.5. The maximum atomic E-state index is 11.9. The number of nitrogens with zero attached hydrogens (tertiary/aromatic N) is 1. The molecule has 0 bridgehead atoms. The first-order valence-electron chi connectivity index (χ1n) is 7.27. The van der Waals surface area contributed by atoms with E-state index < -0.39 is 0 Å². The van der Waals surface area contributed by atoms with Crippen LogP contribution < -0.4 is 5.32 Å². The van der Waals surface area contributed by atoms with Gasteiger partial charge in [-0.25, -0.2) is 4.98 Å². The summed E-state index contributed by atoms with van der Waals surface area (Å²) < 4.78 is 5.74. The van der Waals surface area contributed by atoms with Gasteiger partial charge in [0.05, 0.1) is 10.6 Å². The lowest BCUT2D eigenvalue weighted by atomic mass is 10.2. The summed E-state index contributed by atoms with van der Waals surface area (Å²) in [5.41, 5.74) is 2.61. The predicted molar refractivity (Wildman–Crippen MR) is 90.8 cm³/mol. The number of amides is 1. The van der Waals surface area contributed by atoms with Gasteiger partial charge < -0.3 is 9.73 Å². The summed E-state index contributed by atoms with van der Waals surface area (Å²) in [7, 11) is 0. The third-order valence-electron chi connectivity index (χ3n) is 3.76. The lowest BCUT2D eigenvalue weighted by Crippen LogP contribution is -2.13. The van der Waals surface area contributed by atoms with Crippen LogP contribution in [-0.2, 0) is 4.79 Å². The summed E-state index contributed by atoms with van der Waals surface area (Å²) in [6, 6.07) is 10.5. The van der Waals surface area contributed by atoms with Crippen LogP contribution in [-0.4, -0.2) is 10.9 Å². The number of hydrogen-bond acceptors (Lipinski definition) is 3. The van der Waals surface area contributed by atoms with E-state index in [1.807, 2.05) is 0 Å². The number of oxazole rings is 1. The summed E-state index contributed by atoms with van der Waals surface area (Å²) in [6.45, 7) is 0.